The van der Waals surface area contributed by atoms with Crippen molar-refractivity contribution in [2.24, 2.45) is 0 Å². The van der Waals surface area contributed by atoms with Gasteiger partial charge in [0.05, 0.1) is 17.3 Å². The second-order valence-corrected chi connectivity index (χ2v) is 6.40. The van der Waals surface area contributed by atoms with Crippen molar-refractivity contribution in [2.75, 3.05) is 5.75 Å². The Hall–Kier alpha value is -0.850. The van der Waals surface area contributed by atoms with Crippen LogP contribution in [0.25, 0.3) is 0 Å². The topological polar surface area (TPSA) is 42.0 Å². The number of aromatic nitrogens is 1. The second-order valence-electron chi connectivity index (χ2n) is 3.46. The molecule has 0 aliphatic heterocycles. The molecule has 0 saturated heterocycles. The Labute approximate surface area is 122 Å². The lowest BCUT2D eigenvalue weighted by Crippen LogP contribution is -2.24. The first-order valence-corrected chi connectivity index (χ1v) is 7.93. The molecule has 2 heterocycles. The van der Waals surface area contributed by atoms with Crippen LogP contribution in [-0.2, 0) is 11.3 Å². The predicted octanol–water partition coefficient (Wildman–Crippen LogP) is 3.31. The number of nitrogens with one attached hydrogen (secondary N) is 1. The average Bonchev–Trinajstić information content (AvgIpc) is 2.89. The van der Waals surface area contributed by atoms with Gasteiger partial charge in [0, 0.05) is 15.5 Å². The van der Waals surface area contributed by atoms with Crippen LogP contribution in [0.4, 0.5) is 0 Å². The van der Waals surface area contributed by atoms with E-state index in [1.807, 2.05) is 29.6 Å². The molecule has 0 unspecified atom stereocenters. The Bertz CT molecular complexity index is 499. The number of thioether (sulfide) groups is 1. The van der Waals surface area contributed by atoms with Crippen molar-refractivity contribution >= 4 is 44.9 Å². The van der Waals surface area contributed by atoms with E-state index in [2.05, 4.69) is 26.2 Å². The van der Waals surface area contributed by atoms with Crippen molar-refractivity contribution in [1.82, 2.24) is 10.3 Å². The van der Waals surface area contributed by atoms with Gasteiger partial charge < -0.3 is 5.32 Å². The first kappa shape index (κ1) is 13.6. The molecule has 18 heavy (non-hydrogen) atoms. The molecule has 0 aliphatic rings. The van der Waals surface area contributed by atoms with Gasteiger partial charge in [-0.3, -0.25) is 4.79 Å². The van der Waals surface area contributed by atoms with Crippen LogP contribution in [-0.4, -0.2) is 16.6 Å². The van der Waals surface area contributed by atoms with Crippen molar-refractivity contribution in [2.45, 2.75) is 11.6 Å². The van der Waals surface area contributed by atoms with E-state index >= 15 is 0 Å². The first-order valence-electron chi connectivity index (χ1n) is 5.27. The van der Waals surface area contributed by atoms with E-state index < -0.39 is 0 Å². The highest BCUT2D eigenvalue weighted by atomic mass is 79.9. The van der Waals surface area contributed by atoms with Crippen LogP contribution in [0.2, 0.25) is 0 Å². The molecule has 0 spiro atoms. The molecule has 0 aliphatic carbocycles. The van der Waals surface area contributed by atoms with Crippen LogP contribution in [0, 0.1) is 0 Å². The van der Waals surface area contributed by atoms with Gasteiger partial charge in [-0.15, -0.1) is 11.3 Å². The summed E-state index contributed by atoms with van der Waals surface area (Å²) in [6.45, 7) is 0.602. The van der Waals surface area contributed by atoms with Gasteiger partial charge in [0.25, 0.3) is 0 Å². The minimum atomic E-state index is 0.0260. The number of carbonyl (C=O) groups is 1. The fourth-order valence-corrected chi connectivity index (χ4v) is 2.79. The summed E-state index contributed by atoms with van der Waals surface area (Å²) in [5, 5.41) is 5.73. The molecule has 94 valence electrons. The molecule has 0 radical (unpaired) electrons. The highest BCUT2D eigenvalue weighted by molar-refractivity contribution is 9.10. The minimum absolute atomic E-state index is 0.0260. The largest absolute Gasteiger partial charge is 0.350 e. The van der Waals surface area contributed by atoms with Gasteiger partial charge in [-0.1, -0.05) is 17.8 Å². The van der Waals surface area contributed by atoms with Gasteiger partial charge in [-0.2, -0.15) is 0 Å². The van der Waals surface area contributed by atoms with E-state index in [1.54, 1.807) is 17.5 Å². The summed E-state index contributed by atoms with van der Waals surface area (Å²) in [4.78, 5) is 17.0. The Morgan fingerprint density at radius 3 is 3.00 bits per heavy atom. The SMILES string of the molecule is O=C(CSc1ccc(Br)cn1)NCc1cccs1. The second kappa shape index (κ2) is 6.92. The van der Waals surface area contributed by atoms with Crippen LogP contribution in [0.3, 0.4) is 0 Å². The fourth-order valence-electron chi connectivity index (χ4n) is 1.24. The smallest absolute Gasteiger partial charge is 0.230 e. The molecule has 2 aromatic rings. The predicted molar refractivity (Wildman–Crippen MR) is 78.8 cm³/mol. The molecule has 0 saturated carbocycles. The molecule has 2 rings (SSSR count). The first-order chi connectivity index (χ1) is 8.74. The molecule has 0 atom stereocenters. The van der Waals surface area contributed by atoms with E-state index in [0.29, 0.717) is 12.3 Å². The molecule has 6 heteroatoms. The van der Waals surface area contributed by atoms with Crippen molar-refractivity contribution in [3.05, 3.63) is 45.2 Å². The number of carbonyl (C=O) groups excluding carboxylic acids is 1. The summed E-state index contributed by atoms with van der Waals surface area (Å²) in [6.07, 6.45) is 1.73. The molecule has 0 aromatic carbocycles. The third kappa shape index (κ3) is 4.44. The minimum Gasteiger partial charge on any atom is -0.350 e. The summed E-state index contributed by atoms with van der Waals surface area (Å²) in [6, 6.07) is 7.79. The van der Waals surface area contributed by atoms with Crippen LogP contribution < -0.4 is 5.32 Å². The monoisotopic (exact) mass is 342 g/mol. The molecule has 0 bridgehead atoms. The lowest BCUT2D eigenvalue weighted by molar-refractivity contribution is -0.118. The Balaban J connectivity index is 1.73. The zero-order valence-electron chi connectivity index (χ0n) is 9.43. The van der Waals surface area contributed by atoms with E-state index in [-0.39, 0.29) is 5.91 Å². The van der Waals surface area contributed by atoms with Crippen LogP contribution in [0.15, 0.2) is 45.3 Å². The Morgan fingerprint density at radius 2 is 2.33 bits per heavy atom. The van der Waals surface area contributed by atoms with E-state index in [9.17, 15) is 4.79 Å². The molecule has 1 N–H and O–H groups in total. The Kier molecular flexibility index (Phi) is 5.22. The highest BCUT2D eigenvalue weighted by Gasteiger charge is 2.04. The number of halogens is 1. The van der Waals surface area contributed by atoms with E-state index in [4.69, 9.17) is 0 Å². The van der Waals surface area contributed by atoms with Crippen LogP contribution in [0.1, 0.15) is 4.88 Å². The van der Waals surface area contributed by atoms with Crippen LogP contribution >= 0.6 is 39.0 Å². The average molecular weight is 343 g/mol. The zero-order chi connectivity index (χ0) is 12.8. The van der Waals surface area contributed by atoms with E-state index in [0.717, 1.165) is 14.4 Å². The van der Waals surface area contributed by atoms with Crippen molar-refractivity contribution in [3.63, 3.8) is 0 Å². The molecular formula is C12H11BrN2OS2. The molecular weight excluding hydrogens is 332 g/mol. The number of hydrogen-bond donors (Lipinski definition) is 1. The number of thiophene rings is 1. The van der Waals surface area contributed by atoms with Crippen molar-refractivity contribution in [3.8, 4) is 0 Å². The van der Waals surface area contributed by atoms with Gasteiger partial charge in [0.1, 0.15) is 0 Å². The lowest BCUT2D eigenvalue weighted by Gasteiger charge is -2.03. The standard InChI is InChI=1S/C12H11BrN2OS2/c13-9-3-4-12(15-6-9)18-8-11(16)14-7-10-2-1-5-17-10/h1-6H,7-8H2,(H,14,16). The number of pyridine rings is 1. The normalized spacial score (nSPS) is 10.3. The summed E-state index contributed by atoms with van der Waals surface area (Å²) in [5.74, 6) is 0.415. The third-order valence-electron chi connectivity index (χ3n) is 2.09. The van der Waals surface area contributed by atoms with Gasteiger partial charge >= 0.3 is 0 Å². The summed E-state index contributed by atoms with van der Waals surface area (Å²) in [7, 11) is 0. The summed E-state index contributed by atoms with van der Waals surface area (Å²) < 4.78 is 0.939. The number of hydrogen-bond acceptors (Lipinski definition) is 4. The maximum absolute atomic E-state index is 11.6. The van der Waals surface area contributed by atoms with Gasteiger partial charge in [-0.05, 0) is 39.5 Å². The highest BCUT2D eigenvalue weighted by Crippen LogP contribution is 2.17. The third-order valence-corrected chi connectivity index (χ3v) is 4.38. The van der Waals surface area contributed by atoms with Gasteiger partial charge in [0.15, 0.2) is 0 Å². The Morgan fingerprint density at radius 1 is 1.44 bits per heavy atom. The molecule has 2 aromatic heterocycles. The number of nitrogens with zero attached hydrogens (tertiary/aromatic N) is 1. The lowest BCUT2D eigenvalue weighted by atomic mass is 10.4. The molecule has 3 nitrogen and oxygen atoms in total. The quantitative estimate of drug-likeness (QED) is 0.847. The fraction of sp³-hybridized carbons (Fsp3) is 0.167. The van der Waals surface area contributed by atoms with Gasteiger partial charge in [0.2, 0.25) is 5.91 Å². The number of amides is 1. The summed E-state index contributed by atoms with van der Waals surface area (Å²) >= 11 is 6.40. The van der Waals surface area contributed by atoms with Crippen molar-refractivity contribution in [1.29, 1.82) is 0 Å². The number of rotatable bonds is 5. The molecule has 1 amide bonds. The van der Waals surface area contributed by atoms with Crippen molar-refractivity contribution < 1.29 is 4.79 Å². The van der Waals surface area contributed by atoms with E-state index in [1.165, 1.54) is 11.8 Å². The molecule has 0 fully saturated rings. The van der Waals surface area contributed by atoms with Crippen LogP contribution in [0.5, 0.6) is 0 Å². The van der Waals surface area contributed by atoms with Gasteiger partial charge in [-0.25, -0.2) is 4.98 Å². The maximum atomic E-state index is 11.6. The maximum Gasteiger partial charge on any atom is 0.230 e. The zero-order valence-corrected chi connectivity index (χ0v) is 12.6. The summed E-state index contributed by atoms with van der Waals surface area (Å²) in [5.41, 5.74) is 0.